The Hall–Kier alpha value is -1.71. The lowest BCUT2D eigenvalue weighted by Gasteiger charge is -2.17. The van der Waals surface area contributed by atoms with Crippen LogP contribution in [0.5, 0.6) is 0 Å². The molecule has 1 fully saturated rings. The molecule has 1 aliphatic rings. The minimum absolute atomic E-state index is 0.0125. The minimum Gasteiger partial charge on any atom is -0.399 e. The SMILES string of the molecule is Cc1cc(C)c(CN2CCNC2=O)cc1N. The van der Waals surface area contributed by atoms with E-state index in [1.807, 2.05) is 13.0 Å². The van der Waals surface area contributed by atoms with Crippen molar-refractivity contribution in [3.05, 3.63) is 28.8 Å². The van der Waals surface area contributed by atoms with Crippen LogP contribution in [0.15, 0.2) is 12.1 Å². The fourth-order valence-electron chi connectivity index (χ4n) is 1.95. The van der Waals surface area contributed by atoms with Crippen molar-refractivity contribution in [1.82, 2.24) is 10.2 Å². The molecule has 2 rings (SSSR count). The molecular weight excluding hydrogens is 202 g/mol. The average molecular weight is 219 g/mol. The Morgan fingerprint density at radius 1 is 1.38 bits per heavy atom. The van der Waals surface area contributed by atoms with E-state index in [-0.39, 0.29) is 6.03 Å². The van der Waals surface area contributed by atoms with Crippen LogP contribution in [0.2, 0.25) is 0 Å². The van der Waals surface area contributed by atoms with Gasteiger partial charge in [0.05, 0.1) is 0 Å². The normalized spacial score (nSPS) is 15.4. The van der Waals surface area contributed by atoms with Gasteiger partial charge in [0, 0.05) is 25.3 Å². The molecule has 1 aromatic carbocycles. The molecule has 2 amide bonds. The van der Waals surface area contributed by atoms with Gasteiger partial charge in [-0.05, 0) is 36.6 Å². The summed E-state index contributed by atoms with van der Waals surface area (Å²) < 4.78 is 0. The van der Waals surface area contributed by atoms with Crippen LogP contribution in [0, 0.1) is 13.8 Å². The van der Waals surface area contributed by atoms with Gasteiger partial charge >= 0.3 is 6.03 Å². The highest BCUT2D eigenvalue weighted by molar-refractivity contribution is 5.76. The standard InChI is InChI=1S/C12H17N3O/c1-8-5-9(2)11(13)6-10(8)7-15-4-3-14-12(15)16/h5-6H,3-4,7,13H2,1-2H3,(H,14,16). The molecular formula is C12H17N3O. The second-order valence-corrected chi connectivity index (χ2v) is 4.29. The van der Waals surface area contributed by atoms with Crippen LogP contribution >= 0.6 is 0 Å². The third kappa shape index (κ3) is 1.96. The number of carbonyl (C=O) groups excluding carboxylic acids is 1. The Kier molecular flexibility index (Phi) is 2.73. The number of anilines is 1. The number of aryl methyl sites for hydroxylation is 2. The second-order valence-electron chi connectivity index (χ2n) is 4.29. The molecule has 1 aromatic rings. The number of benzene rings is 1. The lowest BCUT2D eigenvalue weighted by molar-refractivity contribution is 0.215. The molecule has 0 bridgehead atoms. The fourth-order valence-corrected chi connectivity index (χ4v) is 1.95. The Bertz CT molecular complexity index is 429. The maximum atomic E-state index is 11.4. The predicted molar refractivity (Wildman–Crippen MR) is 64.1 cm³/mol. The molecule has 16 heavy (non-hydrogen) atoms. The van der Waals surface area contributed by atoms with Crippen LogP contribution < -0.4 is 11.1 Å². The van der Waals surface area contributed by atoms with E-state index in [0.29, 0.717) is 6.54 Å². The Morgan fingerprint density at radius 3 is 2.75 bits per heavy atom. The summed E-state index contributed by atoms with van der Waals surface area (Å²) in [6.07, 6.45) is 0. The highest BCUT2D eigenvalue weighted by atomic mass is 16.2. The van der Waals surface area contributed by atoms with Gasteiger partial charge in [0.1, 0.15) is 0 Å². The van der Waals surface area contributed by atoms with E-state index in [0.717, 1.165) is 29.9 Å². The molecule has 0 radical (unpaired) electrons. The van der Waals surface area contributed by atoms with Gasteiger partial charge in [-0.15, -0.1) is 0 Å². The van der Waals surface area contributed by atoms with E-state index < -0.39 is 0 Å². The summed E-state index contributed by atoms with van der Waals surface area (Å²) >= 11 is 0. The van der Waals surface area contributed by atoms with Crippen LogP contribution in [0.4, 0.5) is 10.5 Å². The zero-order chi connectivity index (χ0) is 11.7. The first kappa shape index (κ1) is 10.8. The monoisotopic (exact) mass is 219 g/mol. The number of hydrogen-bond acceptors (Lipinski definition) is 2. The summed E-state index contributed by atoms with van der Waals surface area (Å²) in [5, 5.41) is 2.79. The van der Waals surface area contributed by atoms with Crippen LogP contribution in [0.1, 0.15) is 16.7 Å². The highest BCUT2D eigenvalue weighted by Crippen LogP contribution is 2.19. The number of amides is 2. The lowest BCUT2D eigenvalue weighted by atomic mass is 10.0. The van der Waals surface area contributed by atoms with E-state index in [2.05, 4.69) is 18.3 Å². The van der Waals surface area contributed by atoms with E-state index in [9.17, 15) is 4.79 Å². The van der Waals surface area contributed by atoms with Crippen molar-refractivity contribution < 1.29 is 4.79 Å². The van der Waals surface area contributed by atoms with E-state index in [1.54, 1.807) is 4.90 Å². The minimum atomic E-state index is 0.0125. The summed E-state index contributed by atoms with van der Waals surface area (Å²) in [5.74, 6) is 0. The van der Waals surface area contributed by atoms with Crippen molar-refractivity contribution in [2.75, 3.05) is 18.8 Å². The van der Waals surface area contributed by atoms with Crippen LogP contribution in [0.25, 0.3) is 0 Å². The number of urea groups is 1. The molecule has 4 nitrogen and oxygen atoms in total. The largest absolute Gasteiger partial charge is 0.399 e. The first-order valence-corrected chi connectivity index (χ1v) is 5.46. The number of carbonyl (C=O) groups is 1. The maximum absolute atomic E-state index is 11.4. The highest BCUT2D eigenvalue weighted by Gasteiger charge is 2.20. The third-order valence-corrected chi connectivity index (χ3v) is 3.03. The van der Waals surface area contributed by atoms with Gasteiger partial charge < -0.3 is 16.0 Å². The van der Waals surface area contributed by atoms with Gasteiger partial charge in [0.15, 0.2) is 0 Å². The Labute approximate surface area is 95.4 Å². The first-order valence-electron chi connectivity index (χ1n) is 5.46. The van der Waals surface area contributed by atoms with Crippen molar-refractivity contribution in [3.8, 4) is 0 Å². The van der Waals surface area contributed by atoms with Crippen LogP contribution in [0.3, 0.4) is 0 Å². The van der Waals surface area contributed by atoms with Crippen LogP contribution in [-0.2, 0) is 6.54 Å². The molecule has 4 heteroatoms. The molecule has 1 saturated heterocycles. The fraction of sp³-hybridized carbons (Fsp3) is 0.417. The van der Waals surface area contributed by atoms with Crippen LogP contribution in [-0.4, -0.2) is 24.0 Å². The first-order chi connectivity index (χ1) is 7.58. The van der Waals surface area contributed by atoms with Gasteiger partial charge in [0.25, 0.3) is 0 Å². The van der Waals surface area contributed by atoms with Crippen molar-refractivity contribution in [2.45, 2.75) is 20.4 Å². The maximum Gasteiger partial charge on any atom is 0.317 e. The number of rotatable bonds is 2. The number of nitrogens with zero attached hydrogens (tertiary/aromatic N) is 1. The molecule has 0 saturated carbocycles. The zero-order valence-electron chi connectivity index (χ0n) is 9.71. The Balaban J connectivity index is 2.21. The molecule has 0 atom stereocenters. The molecule has 3 N–H and O–H groups in total. The molecule has 0 unspecified atom stereocenters. The summed E-state index contributed by atoms with van der Waals surface area (Å²) in [7, 11) is 0. The summed E-state index contributed by atoms with van der Waals surface area (Å²) in [5.41, 5.74) is 10.1. The Morgan fingerprint density at radius 2 is 2.12 bits per heavy atom. The topological polar surface area (TPSA) is 58.4 Å². The molecule has 0 aliphatic carbocycles. The number of nitrogens with two attached hydrogens (primary N) is 1. The number of hydrogen-bond donors (Lipinski definition) is 2. The van der Waals surface area contributed by atoms with Gasteiger partial charge in [-0.1, -0.05) is 6.07 Å². The van der Waals surface area contributed by atoms with Crippen molar-refractivity contribution in [3.63, 3.8) is 0 Å². The molecule has 1 heterocycles. The summed E-state index contributed by atoms with van der Waals surface area (Å²) in [6.45, 7) is 6.19. The number of nitrogen functional groups attached to an aromatic ring is 1. The number of nitrogens with one attached hydrogen (secondary N) is 1. The second kappa shape index (κ2) is 4.04. The lowest BCUT2D eigenvalue weighted by Crippen LogP contribution is -2.27. The van der Waals surface area contributed by atoms with Crippen molar-refractivity contribution >= 4 is 11.7 Å². The zero-order valence-corrected chi connectivity index (χ0v) is 9.71. The van der Waals surface area contributed by atoms with Gasteiger partial charge in [-0.25, -0.2) is 4.79 Å². The third-order valence-electron chi connectivity index (χ3n) is 3.03. The van der Waals surface area contributed by atoms with Gasteiger partial charge in [-0.2, -0.15) is 0 Å². The molecule has 86 valence electrons. The van der Waals surface area contributed by atoms with Crippen molar-refractivity contribution in [2.24, 2.45) is 0 Å². The predicted octanol–water partition coefficient (Wildman–Crippen LogP) is 1.41. The molecule has 1 aliphatic heterocycles. The summed E-state index contributed by atoms with van der Waals surface area (Å²) in [4.78, 5) is 13.2. The summed E-state index contributed by atoms with van der Waals surface area (Å²) in [6, 6.07) is 4.05. The quantitative estimate of drug-likeness (QED) is 0.739. The van der Waals surface area contributed by atoms with E-state index in [4.69, 9.17) is 5.73 Å². The van der Waals surface area contributed by atoms with E-state index in [1.165, 1.54) is 5.56 Å². The van der Waals surface area contributed by atoms with Gasteiger partial charge in [-0.3, -0.25) is 0 Å². The van der Waals surface area contributed by atoms with Gasteiger partial charge in [0.2, 0.25) is 0 Å². The molecule has 0 spiro atoms. The smallest absolute Gasteiger partial charge is 0.317 e. The molecule has 0 aromatic heterocycles. The van der Waals surface area contributed by atoms with Crippen molar-refractivity contribution in [1.29, 1.82) is 0 Å². The van der Waals surface area contributed by atoms with E-state index >= 15 is 0 Å². The average Bonchev–Trinajstić information content (AvgIpc) is 2.61.